The summed E-state index contributed by atoms with van der Waals surface area (Å²) in [5.74, 6) is -0.862. The first-order valence-corrected chi connectivity index (χ1v) is 32.6. The molecule has 0 rings (SSSR count). The van der Waals surface area contributed by atoms with Gasteiger partial charge in [-0.05, 0) is 83.5 Å². The highest BCUT2D eigenvalue weighted by Gasteiger charge is 2.19. The van der Waals surface area contributed by atoms with E-state index in [1.807, 2.05) is 0 Å². The fraction of sp³-hybridized carbons (Fsp3) is 0.838. The van der Waals surface area contributed by atoms with Crippen LogP contribution in [0, 0.1) is 0 Å². The van der Waals surface area contributed by atoms with Crippen molar-refractivity contribution in [1.82, 2.24) is 0 Å². The van der Waals surface area contributed by atoms with Gasteiger partial charge in [0, 0.05) is 19.3 Å². The second-order valence-electron chi connectivity index (χ2n) is 22.0. The van der Waals surface area contributed by atoms with Crippen LogP contribution >= 0.6 is 0 Å². The first kappa shape index (κ1) is 71.4. The molecule has 0 spiro atoms. The van der Waals surface area contributed by atoms with Gasteiger partial charge in [-0.3, -0.25) is 14.4 Å². The van der Waals surface area contributed by atoms with Gasteiger partial charge in [0.15, 0.2) is 6.10 Å². The first-order chi connectivity index (χ1) is 36.5. The molecule has 0 N–H and O–H groups in total. The van der Waals surface area contributed by atoms with Gasteiger partial charge in [0.2, 0.25) is 0 Å². The molecule has 0 saturated heterocycles. The second-order valence-corrected chi connectivity index (χ2v) is 22.0. The summed E-state index contributed by atoms with van der Waals surface area (Å²) in [7, 11) is 0. The minimum Gasteiger partial charge on any atom is -0.462 e. The molecule has 0 heterocycles. The van der Waals surface area contributed by atoms with Crippen molar-refractivity contribution in [3.05, 3.63) is 48.6 Å². The van der Waals surface area contributed by atoms with Crippen LogP contribution in [0.4, 0.5) is 0 Å². The van der Waals surface area contributed by atoms with E-state index in [9.17, 15) is 14.4 Å². The summed E-state index contributed by atoms with van der Waals surface area (Å²) in [6.45, 7) is 6.64. The number of hydrogen-bond acceptors (Lipinski definition) is 6. The molecule has 432 valence electrons. The average molecular weight is 1040 g/mol. The lowest BCUT2D eigenvalue weighted by Crippen LogP contribution is -2.30. The zero-order valence-electron chi connectivity index (χ0n) is 49.6. The zero-order valence-corrected chi connectivity index (χ0v) is 49.6. The van der Waals surface area contributed by atoms with E-state index in [1.165, 1.54) is 231 Å². The fourth-order valence-electron chi connectivity index (χ4n) is 9.62. The summed E-state index contributed by atoms with van der Waals surface area (Å²) in [6.07, 6.45) is 78.5. The van der Waals surface area contributed by atoms with Crippen LogP contribution in [-0.4, -0.2) is 37.2 Å². The monoisotopic (exact) mass is 1040 g/mol. The predicted octanol–water partition coefficient (Wildman–Crippen LogP) is 22.2. The Morgan fingerprint density at radius 1 is 0.270 bits per heavy atom. The van der Waals surface area contributed by atoms with E-state index in [1.54, 1.807) is 0 Å². The maximum absolute atomic E-state index is 12.8. The molecule has 0 aromatic carbocycles. The van der Waals surface area contributed by atoms with E-state index in [0.29, 0.717) is 19.3 Å². The highest BCUT2D eigenvalue weighted by molar-refractivity contribution is 5.71. The smallest absolute Gasteiger partial charge is 0.306 e. The lowest BCUT2D eigenvalue weighted by Gasteiger charge is -2.18. The van der Waals surface area contributed by atoms with Gasteiger partial charge < -0.3 is 14.2 Å². The standard InChI is InChI=1S/C68H124O6/c1-4-7-10-13-16-19-22-25-26-27-28-29-30-31-32-33-34-35-36-37-38-39-40-41-42-44-46-49-52-55-58-61-67(70)73-64-65(63-72-66(69)60-57-54-51-48-45-24-21-18-15-12-9-6-3)74-68(71)62-59-56-53-50-47-43-23-20-17-14-11-8-5-2/h20,22-23,25,27-28,30-31,65H,4-19,21,24,26,29,32-64H2,1-3H3/b23-20-,25-22-,28-27-,31-30-. The van der Waals surface area contributed by atoms with Gasteiger partial charge in [0.25, 0.3) is 0 Å². The van der Waals surface area contributed by atoms with Gasteiger partial charge in [-0.25, -0.2) is 0 Å². The predicted molar refractivity (Wildman–Crippen MR) is 321 cm³/mol. The minimum atomic E-state index is -0.773. The zero-order chi connectivity index (χ0) is 53.6. The molecule has 1 unspecified atom stereocenters. The third-order valence-electron chi connectivity index (χ3n) is 14.6. The summed E-state index contributed by atoms with van der Waals surface area (Å²) in [4.78, 5) is 38.2. The summed E-state index contributed by atoms with van der Waals surface area (Å²) in [5.41, 5.74) is 0. The number of allylic oxidation sites excluding steroid dienone is 8. The summed E-state index contributed by atoms with van der Waals surface area (Å²) in [6, 6.07) is 0. The van der Waals surface area contributed by atoms with Crippen molar-refractivity contribution in [1.29, 1.82) is 0 Å². The van der Waals surface area contributed by atoms with Crippen LogP contribution in [0.5, 0.6) is 0 Å². The van der Waals surface area contributed by atoms with Gasteiger partial charge in [-0.2, -0.15) is 0 Å². The number of ether oxygens (including phenoxy) is 3. The Labute approximate surface area is 460 Å². The number of hydrogen-bond donors (Lipinski definition) is 0. The summed E-state index contributed by atoms with van der Waals surface area (Å²) >= 11 is 0. The van der Waals surface area contributed by atoms with Gasteiger partial charge in [-0.1, -0.05) is 294 Å². The molecular formula is C68H124O6. The lowest BCUT2D eigenvalue weighted by molar-refractivity contribution is -0.167. The highest BCUT2D eigenvalue weighted by atomic mass is 16.6. The molecule has 6 nitrogen and oxygen atoms in total. The lowest BCUT2D eigenvalue weighted by atomic mass is 10.0. The third kappa shape index (κ3) is 60.2. The average Bonchev–Trinajstić information content (AvgIpc) is 3.40. The molecule has 0 radical (unpaired) electrons. The quantitative estimate of drug-likeness (QED) is 0.0261. The van der Waals surface area contributed by atoms with Crippen LogP contribution < -0.4 is 0 Å². The minimum absolute atomic E-state index is 0.0716. The maximum atomic E-state index is 12.8. The number of carbonyl (C=O) groups excluding carboxylic acids is 3. The Morgan fingerprint density at radius 3 is 0.784 bits per heavy atom. The molecular weight excluding hydrogens is 913 g/mol. The molecule has 0 bridgehead atoms. The fourth-order valence-corrected chi connectivity index (χ4v) is 9.62. The van der Waals surface area contributed by atoms with Gasteiger partial charge in [0.1, 0.15) is 13.2 Å². The van der Waals surface area contributed by atoms with Crippen molar-refractivity contribution in [2.24, 2.45) is 0 Å². The molecule has 74 heavy (non-hydrogen) atoms. The summed E-state index contributed by atoms with van der Waals surface area (Å²) < 4.78 is 16.9. The second kappa shape index (κ2) is 62.9. The van der Waals surface area contributed by atoms with E-state index in [-0.39, 0.29) is 31.1 Å². The maximum Gasteiger partial charge on any atom is 0.306 e. The molecule has 0 amide bonds. The molecule has 0 aromatic rings. The van der Waals surface area contributed by atoms with Crippen molar-refractivity contribution in [2.45, 2.75) is 354 Å². The van der Waals surface area contributed by atoms with Crippen molar-refractivity contribution in [3.63, 3.8) is 0 Å². The molecule has 0 aromatic heterocycles. The molecule has 0 aliphatic heterocycles. The molecule has 1 atom stereocenters. The molecule has 0 saturated carbocycles. The van der Waals surface area contributed by atoms with Crippen LogP contribution in [0.25, 0.3) is 0 Å². The Bertz CT molecular complexity index is 1280. The number of esters is 3. The Morgan fingerprint density at radius 2 is 0.486 bits per heavy atom. The molecule has 0 aliphatic rings. The van der Waals surface area contributed by atoms with Crippen LogP contribution in [0.3, 0.4) is 0 Å². The van der Waals surface area contributed by atoms with E-state index in [2.05, 4.69) is 69.4 Å². The first-order valence-electron chi connectivity index (χ1n) is 32.6. The van der Waals surface area contributed by atoms with Crippen LogP contribution in [0.15, 0.2) is 48.6 Å². The van der Waals surface area contributed by atoms with E-state index < -0.39 is 6.10 Å². The van der Waals surface area contributed by atoms with E-state index >= 15 is 0 Å². The molecule has 6 heteroatoms. The topological polar surface area (TPSA) is 78.9 Å². The van der Waals surface area contributed by atoms with Crippen molar-refractivity contribution in [3.8, 4) is 0 Å². The van der Waals surface area contributed by atoms with Crippen LogP contribution in [0.1, 0.15) is 348 Å². The van der Waals surface area contributed by atoms with Crippen LogP contribution in [-0.2, 0) is 28.6 Å². The highest BCUT2D eigenvalue weighted by Crippen LogP contribution is 2.17. The van der Waals surface area contributed by atoms with Crippen LogP contribution in [0.2, 0.25) is 0 Å². The van der Waals surface area contributed by atoms with Crippen molar-refractivity contribution >= 4 is 17.9 Å². The molecule has 0 aliphatic carbocycles. The van der Waals surface area contributed by atoms with Gasteiger partial charge >= 0.3 is 17.9 Å². The van der Waals surface area contributed by atoms with E-state index in [4.69, 9.17) is 14.2 Å². The normalized spacial score (nSPS) is 12.3. The summed E-state index contributed by atoms with van der Waals surface area (Å²) in [5, 5.41) is 0. The number of unbranched alkanes of at least 4 members (excludes halogenated alkanes) is 41. The molecule has 0 fully saturated rings. The van der Waals surface area contributed by atoms with Gasteiger partial charge in [-0.15, -0.1) is 0 Å². The Hall–Kier alpha value is -2.63. The number of carbonyl (C=O) groups is 3. The van der Waals surface area contributed by atoms with E-state index in [0.717, 1.165) is 77.0 Å². The largest absolute Gasteiger partial charge is 0.462 e. The van der Waals surface area contributed by atoms with Crippen molar-refractivity contribution < 1.29 is 28.6 Å². The van der Waals surface area contributed by atoms with Crippen molar-refractivity contribution in [2.75, 3.05) is 13.2 Å². The Balaban J connectivity index is 4.11. The number of rotatable bonds is 60. The van der Waals surface area contributed by atoms with Gasteiger partial charge in [0.05, 0.1) is 0 Å². The Kier molecular flexibility index (Phi) is 60.7. The SMILES string of the molecule is CCCCCC/C=C\CCCCCCCC(=O)OC(COC(=O)CCCCCCCCCCCCCC)COC(=O)CCCCCCCCCCCCCCCCCC/C=C\C/C=C\C/C=C\CCCCCCC. The third-order valence-corrected chi connectivity index (χ3v) is 14.6.